The zero-order valence-corrected chi connectivity index (χ0v) is 23.2. The molecule has 0 N–H and O–H groups in total. The van der Waals surface area contributed by atoms with Crippen LogP contribution in [0.25, 0.3) is 76.9 Å². The van der Waals surface area contributed by atoms with E-state index in [9.17, 15) is 0 Å². The summed E-state index contributed by atoms with van der Waals surface area (Å²) in [5.41, 5.74) is 9.33. The molecule has 0 saturated heterocycles. The van der Waals surface area contributed by atoms with Crippen LogP contribution in [0, 0.1) is 0 Å². The number of hydrogen-bond donors (Lipinski definition) is 0. The number of fused-ring (bicyclic) bond motifs is 9. The Hall–Kier alpha value is -5.80. The molecule has 1 aliphatic heterocycles. The molecule has 10 rings (SSSR count). The monoisotopic (exact) mass is 548 g/mol. The Bertz CT molecular complexity index is 2550. The lowest BCUT2D eigenvalue weighted by atomic mass is 9.96. The van der Waals surface area contributed by atoms with Gasteiger partial charge in [-0.15, -0.1) is 0 Å². The maximum absolute atomic E-state index is 6.61. The molecule has 0 spiro atoms. The molecule has 200 valence electrons. The zero-order valence-electron chi connectivity index (χ0n) is 23.2. The second-order valence-corrected chi connectivity index (χ2v) is 11.3. The van der Waals surface area contributed by atoms with E-state index >= 15 is 0 Å². The lowest BCUT2D eigenvalue weighted by Gasteiger charge is -2.22. The summed E-state index contributed by atoms with van der Waals surface area (Å²) >= 11 is 0. The van der Waals surface area contributed by atoms with Gasteiger partial charge in [0, 0.05) is 26.9 Å². The van der Waals surface area contributed by atoms with Crippen molar-refractivity contribution in [1.29, 1.82) is 0 Å². The highest BCUT2D eigenvalue weighted by Gasteiger charge is 2.24. The number of nitrogens with zero attached hydrogens (tertiary/aromatic N) is 2. The van der Waals surface area contributed by atoms with E-state index in [0.29, 0.717) is 0 Å². The Morgan fingerprint density at radius 2 is 0.930 bits per heavy atom. The lowest BCUT2D eigenvalue weighted by Crippen LogP contribution is -2.04. The predicted octanol–water partition coefficient (Wildman–Crippen LogP) is 10.8. The normalized spacial score (nSPS) is 12.4. The van der Waals surface area contributed by atoms with Crippen molar-refractivity contribution in [2.75, 3.05) is 0 Å². The fraction of sp³-hybridized carbons (Fsp3) is 0. The van der Waals surface area contributed by atoms with Gasteiger partial charge in [-0.1, -0.05) is 103 Å². The van der Waals surface area contributed by atoms with E-state index in [2.05, 4.69) is 155 Å². The fourth-order valence-electron chi connectivity index (χ4n) is 7.30. The van der Waals surface area contributed by atoms with E-state index in [0.717, 1.165) is 28.3 Å². The second-order valence-electron chi connectivity index (χ2n) is 11.3. The molecule has 0 fully saturated rings. The van der Waals surface area contributed by atoms with E-state index < -0.39 is 0 Å². The molecule has 3 nitrogen and oxygen atoms in total. The third kappa shape index (κ3) is 3.03. The molecular weight excluding hydrogens is 524 g/mol. The lowest BCUT2D eigenvalue weighted by molar-refractivity contribution is 0.476. The Balaban J connectivity index is 1.20. The van der Waals surface area contributed by atoms with Crippen LogP contribution in [-0.4, -0.2) is 9.13 Å². The Morgan fingerprint density at radius 3 is 1.65 bits per heavy atom. The topological polar surface area (TPSA) is 19.1 Å². The number of hydrogen-bond acceptors (Lipinski definition) is 1. The first kappa shape index (κ1) is 22.8. The van der Waals surface area contributed by atoms with Gasteiger partial charge in [-0.2, -0.15) is 0 Å². The van der Waals surface area contributed by atoms with Crippen LogP contribution >= 0.6 is 0 Å². The smallest absolute Gasteiger partial charge is 0.152 e. The maximum Gasteiger partial charge on any atom is 0.152 e. The van der Waals surface area contributed by atoms with Gasteiger partial charge in [0.25, 0.3) is 0 Å². The first-order valence-corrected chi connectivity index (χ1v) is 14.7. The summed E-state index contributed by atoms with van der Waals surface area (Å²) in [7, 11) is 0. The van der Waals surface area contributed by atoms with Gasteiger partial charge in [-0.25, -0.2) is 0 Å². The molecular formula is C40H24N2O. The first-order chi connectivity index (χ1) is 21.3. The van der Waals surface area contributed by atoms with Crippen molar-refractivity contribution in [1.82, 2.24) is 9.13 Å². The molecule has 0 bridgehead atoms. The Morgan fingerprint density at radius 1 is 0.372 bits per heavy atom. The van der Waals surface area contributed by atoms with Gasteiger partial charge >= 0.3 is 0 Å². The Kier molecular flexibility index (Phi) is 4.45. The highest BCUT2D eigenvalue weighted by atomic mass is 16.5. The maximum atomic E-state index is 6.61. The molecule has 3 heteroatoms. The molecule has 0 amide bonds. The SMILES string of the molecule is c1ccc2c(-n3c4ccccc4c4ccccc43)ccc(-c3ccc4c(c3)Oc3cccc5c6ccccc6n-4c35)c2c1. The van der Waals surface area contributed by atoms with Crippen molar-refractivity contribution in [3.05, 3.63) is 146 Å². The van der Waals surface area contributed by atoms with Crippen molar-refractivity contribution in [3.8, 4) is 34.0 Å². The van der Waals surface area contributed by atoms with Crippen molar-refractivity contribution >= 4 is 54.4 Å². The van der Waals surface area contributed by atoms with Crippen molar-refractivity contribution in [2.24, 2.45) is 0 Å². The minimum Gasteiger partial charge on any atom is -0.453 e. The second kappa shape index (κ2) is 8.37. The number of aromatic nitrogens is 2. The third-order valence-electron chi connectivity index (χ3n) is 9.11. The van der Waals surface area contributed by atoms with E-state index in [1.54, 1.807) is 0 Å². The average Bonchev–Trinajstić information content (AvgIpc) is 3.59. The van der Waals surface area contributed by atoms with Crippen LogP contribution in [-0.2, 0) is 0 Å². The molecule has 2 aromatic heterocycles. The van der Waals surface area contributed by atoms with Crippen LogP contribution in [0.5, 0.6) is 11.5 Å². The van der Waals surface area contributed by atoms with E-state index in [-0.39, 0.29) is 0 Å². The number of benzene rings is 7. The number of rotatable bonds is 2. The molecule has 9 aromatic rings. The first-order valence-electron chi connectivity index (χ1n) is 14.7. The predicted molar refractivity (Wildman–Crippen MR) is 178 cm³/mol. The van der Waals surface area contributed by atoms with E-state index in [4.69, 9.17) is 4.74 Å². The van der Waals surface area contributed by atoms with Gasteiger partial charge in [0.1, 0.15) is 0 Å². The van der Waals surface area contributed by atoms with Crippen molar-refractivity contribution < 1.29 is 4.74 Å². The quantitative estimate of drug-likeness (QED) is 0.210. The summed E-state index contributed by atoms with van der Waals surface area (Å²) in [5, 5.41) is 7.43. The molecule has 1 aliphatic rings. The molecule has 0 radical (unpaired) electrons. The molecule has 43 heavy (non-hydrogen) atoms. The number of ether oxygens (including phenoxy) is 1. The van der Waals surface area contributed by atoms with Crippen molar-refractivity contribution in [2.45, 2.75) is 0 Å². The molecule has 0 unspecified atom stereocenters. The Labute approximate surface area is 247 Å². The van der Waals surface area contributed by atoms with Gasteiger partial charge in [0.2, 0.25) is 0 Å². The van der Waals surface area contributed by atoms with Crippen LogP contribution < -0.4 is 4.74 Å². The average molecular weight is 549 g/mol. The van der Waals surface area contributed by atoms with E-state index in [1.165, 1.54) is 60.1 Å². The van der Waals surface area contributed by atoms with Gasteiger partial charge < -0.3 is 13.9 Å². The summed E-state index contributed by atoms with van der Waals surface area (Å²) < 4.78 is 11.4. The highest BCUT2D eigenvalue weighted by Crippen LogP contribution is 2.47. The van der Waals surface area contributed by atoms with Gasteiger partial charge in [-0.05, 0) is 59.0 Å². The van der Waals surface area contributed by atoms with Crippen LogP contribution in [0.3, 0.4) is 0 Å². The summed E-state index contributed by atoms with van der Waals surface area (Å²) in [6.07, 6.45) is 0. The van der Waals surface area contributed by atoms with Crippen LogP contribution in [0.2, 0.25) is 0 Å². The third-order valence-corrected chi connectivity index (χ3v) is 9.11. The largest absolute Gasteiger partial charge is 0.453 e. The molecule has 7 aromatic carbocycles. The van der Waals surface area contributed by atoms with Gasteiger partial charge in [0.05, 0.1) is 33.4 Å². The molecule has 3 heterocycles. The minimum absolute atomic E-state index is 0.870. The van der Waals surface area contributed by atoms with Crippen LogP contribution in [0.1, 0.15) is 0 Å². The van der Waals surface area contributed by atoms with Crippen LogP contribution in [0.15, 0.2) is 146 Å². The standard InChI is InChI=1S/C40H24N2O/c1-2-11-28-27(10-1)26(21-23-36(28)41-33-16-6-3-12-29(33)30-13-4-7-17-34(30)41)25-20-22-37-39(24-25)43-38-19-9-15-32-31-14-5-8-18-35(31)42(37)40(32)38/h1-24H. The summed E-state index contributed by atoms with van der Waals surface area (Å²) in [5.74, 6) is 1.76. The fourth-order valence-corrected chi connectivity index (χ4v) is 7.30. The van der Waals surface area contributed by atoms with Gasteiger partial charge in [0.15, 0.2) is 11.5 Å². The highest BCUT2D eigenvalue weighted by molar-refractivity contribution is 6.13. The van der Waals surface area contributed by atoms with Crippen LogP contribution in [0.4, 0.5) is 0 Å². The van der Waals surface area contributed by atoms with E-state index in [1.807, 2.05) is 0 Å². The molecule has 0 aliphatic carbocycles. The minimum atomic E-state index is 0.870. The summed E-state index contributed by atoms with van der Waals surface area (Å²) in [4.78, 5) is 0. The molecule has 0 saturated carbocycles. The molecule has 0 atom stereocenters. The number of para-hydroxylation sites is 4. The summed E-state index contributed by atoms with van der Waals surface area (Å²) in [6, 6.07) is 52.3. The zero-order chi connectivity index (χ0) is 28.1. The van der Waals surface area contributed by atoms with Gasteiger partial charge in [-0.3, -0.25) is 0 Å². The van der Waals surface area contributed by atoms with Crippen molar-refractivity contribution in [3.63, 3.8) is 0 Å². The summed E-state index contributed by atoms with van der Waals surface area (Å²) in [6.45, 7) is 0.